The molecule has 0 unspecified atom stereocenters. The van der Waals surface area contributed by atoms with E-state index in [1.807, 2.05) is 0 Å². The minimum atomic E-state index is -3.79. The van der Waals surface area contributed by atoms with E-state index in [1.54, 1.807) is 49.6 Å². The van der Waals surface area contributed by atoms with Gasteiger partial charge in [-0.1, -0.05) is 32.0 Å². The number of benzene rings is 1. The Morgan fingerprint density at radius 1 is 1.15 bits per heavy atom. The van der Waals surface area contributed by atoms with Crippen molar-refractivity contribution < 1.29 is 27.5 Å². The number of esters is 2. The molecular weight excluding hydrogens is 390 g/mol. The molecule has 1 aromatic carbocycles. The van der Waals surface area contributed by atoms with Gasteiger partial charge in [-0.25, -0.2) is 13.2 Å². The summed E-state index contributed by atoms with van der Waals surface area (Å²) in [5, 5.41) is 1.65. The van der Waals surface area contributed by atoms with Crippen molar-refractivity contribution in [1.29, 1.82) is 0 Å². The molecule has 0 amide bonds. The molecule has 0 radical (unpaired) electrons. The molecule has 0 saturated carbocycles. The van der Waals surface area contributed by atoms with E-state index in [4.69, 9.17) is 4.74 Å². The van der Waals surface area contributed by atoms with Crippen molar-refractivity contribution in [3.8, 4) is 0 Å². The number of sulfonamides is 1. The Bertz CT molecular complexity index is 873. The standard InChI is InChI=1S/C18H21NO6S2/c1-12(2)16(19-27(22,23)15-5-4-10-26-15)18(21)25-11-13-6-8-14(9-7-13)17(20)24-3/h4-10,12,16,19H,11H2,1-3H3/t16-/m1/s1. The van der Waals surface area contributed by atoms with Gasteiger partial charge in [-0.3, -0.25) is 4.79 Å². The molecular formula is C18H21NO6S2. The molecule has 0 aliphatic rings. The molecule has 0 spiro atoms. The Labute approximate surface area is 162 Å². The van der Waals surface area contributed by atoms with Gasteiger partial charge in [0, 0.05) is 0 Å². The highest BCUT2D eigenvalue weighted by molar-refractivity contribution is 7.91. The van der Waals surface area contributed by atoms with Crippen LogP contribution in [0.5, 0.6) is 0 Å². The third kappa shape index (κ3) is 5.62. The normalized spacial score (nSPS) is 12.6. The number of methoxy groups -OCH3 is 1. The largest absolute Gasteiger partial charge is 0.465 e. The molecule has 2 aromatic rings. The molecule has 7 nitrogen and oxygen atoms in total. The fourth-order valence-electron chi connectivity index (χ4n) is 2.20. The van der Waals surface area contributed by atoms with Crippen LogP contribution in [0.3, 0.4) is 0 Å². The first-order valence-corrected chi connectivity index (χ1v) is 10.5. The zero-order valence-corrected chi connectivity index (χ0v) is 16.8. The van der Waals surface area contributed by atoms with Crippen molar-refractivity contribution in [2.24, 2.45) is 5.92 Å². The summed E-state index contributed by atoms with van der Waals surface area (Å²) in [6.07, 6.45) is 0. The molecule has 0 aliphatic carbocycles. The van der Waals surface area contributed by atoms with Crippen LogP contribution in [0, 0.1) is 5.92 Å². The Morgan fingerprint density at radius 2 is 1.81 bits per heavy atom. The van der Waals surface area contributed by atoms with Gasteiger partial charge in [0.25, 0.3) is 10.0 Å². The number of ether oxygens (including phenoxy) is 2. The van der Waals surface area contributed by atoms with E-state index < -0.39 is 28.0 Å². The van der Waals surface area contributed by atoms with Crippen LogP contribution in [0.25, 0.3) is 0 Å². The van der Waals surface area contributed by atoms with Crippen LogP contribution in [0.4, 0.5) is 0 Å². The fourth-order valence-corrected chi connectivity index (χ4v) is 4.54. The minimum Gasteiger partial charge on any atom is -0.465 e. The van der Waals surface area contributed by atoms with Crippen LogP contribution in [0.15, 0.2) is 46.0 Å². The van der Waals surface area contributed by atoms with Gasteiger partial charge in [-0.05, 0) is 35.1 Å². The summed E-state index contributed by atoms with van der Waals surface area (Å²) < 4.78 is 37.2. The van der Waals surface area contributed by atoms with Crippen molar-refractivity contribution in [1.82, 2.24) is 4.72 Å². The van der Waals surface area contributed by atoms with Crippen LogP contribution in [-0.4, -0.2) is 33.5 Å². The number of nitrogens with one attached hydrogen (secondary N) is 1. The van der Waals surface area contributed by atoms with E-state index >= 15 is 0 Å². The lowest BCUT2D eigenvalue weighted by Crippen LogP contribution is -2.45. The summed E-state index contributed by atoms with van der Waals surface area (Å²) in [5.74, 6) is -1.42. The molecule has 0 saturated heterocycles. The Kier molecular flexibility index (Phi) is 7.11. The summed E-state index contributed by atoms with van der Waals surface area (Å²) >= 11 is 1.07. The van der Waals surface area contributed by atoms with E-state index in [0.29, 0.717) is 11.1 Å². The van der Waals surface area contributed by atoms with E-state index in [2.05, 4.69) is 9.46 Å². The summed E-state index contributed by atoms with van der Waals surface area (Å²) in [6, 6.07) is 8.49. The third-order valence-electron chi connectivity index (χ3n) is 3.72. The average Bonchev–Trinajstić information content (AvgIpc) is 3.19. The fraction of sp³-hybridized carbons (Fsp3) is 0.333. The first-order valence-electron chi connectivity index (χ1n) is 8.14. The zero-order chi connectivity index (χ0) is 20.0. The maximum Gasteiger partial charge on any atom is 0.337 e. The monoisotopic (exact) mass is 411 g/mol. The molecule has 1 aromatic heterocycles. The number of rotatable bonds is 8. The Hall–Kier alpha value is -2.23. The number of hydrogen-bond acceptors (Lipinski definition) is 7. The molecule has 0 bridgehead atoms. The third-order valence-corrected chi connectivity index (χ3v) is 6.56. The van der Waals surface area contributed by atoms with E-state index in [1.165, 1.54) is 13.2 Å². The molecule has 146 valence electrons. The van der Waals surface area contributed by atoms with Crippen molar-refractivity contribution in [2.75, 3.05) is 7.11 Å². The quantitative estimate of drug-likeness (QED) is 0.671. The molecule has 2 rings (SSSR count). The van der Waals surface area contributed by atoms with Crippen LogP contribution in [0.2, 0.25) is 0 Å². The van der Waals surface area contributed by atoms with Gasteiger partial charge in [0.05, 0.1) is 12.7 Å². The molecule has 1 atom stereocenters. The lowest BCUT2D eigenvalue weighted by atomic mass is 10.1. The highest BCUT2D eigenvalue weighted by Gasteiger charge is 2.30. The van der Waals surface area contributed by atoms with Gasteiger partial charge in [0.15, 0.2) is 0 Å². The van der Waals surface area contributed by atoms with Crippen LogP contribution in [-0.2, 0) is 30.9 Å². The van der Waals surface area contributed by atoms with Crippen molar-refractivity contribution in [2.45, 2.75) is 30.7 Å². The first-order chi connectivity index (χ1) is 12.7. The molecule has 27 heavy (non-hydrogen) atoms. The van der Waals surface area contributed by atoms with Crippen LogP contribution in [0.1, 0.15) is 29.8 Å². The van der Waals surface area contributed by atoms with Gasteiger partial charge < -0.3 is 9.47 Å². The predicted octanol–water partition coefficient (Wildman–Crippen LogP) is 2.58. The summed E-state index contributed by atoms with van der Waals surface area (Å²) in [4.78, 5) is 23.8. The van der Waals surface area contributed by atoms with Gasteiger partial charge >= 0.3 is 11.9 Å². The van der Waals surface area contributed by atoms with Crippen molar-refractivity contribution in [3.05, 3.63) is 52.9 Å². The zero-order valence-electron chi connectivity index (χ0n) is 15.2. The summed E-state index contributed by atoms with van der Waals surface area (Å²) in [5.41, 5.74) is 1.05. The molecule has 1 N–H and O–H groups in total. The predicted molar refractivity (Wildman–Crippen MR) is 101 cm³/mol. The summed E-state index contributed by atoms with van der Waals surface area (Å²) in [6.45, 7) is 3.42. The first kappa shape index (κ1) is 21.1. The van der Waals surface area contributed by atoms with Gasteiger partial charge in [0.1, 0.15) is 16.9 Å². The van der Waals surface area contributed by atoms with E-state index in [-0.39, 0.29) is 16.7 Å². The van der Waals surface area contributed by atoms with Crippen molar-refractivity contribution >= 4 is 33.3 Å². The second kappa shape index (κ2) is 9.12. The van der Waals surface area contributed by atoms with E-state index in [0.717, 1.165) is 11.3 Å². The highest BCUT2D eigenvalue weighted by Crippen LogP contribution is 2.18. The summed E-state index contributed by atoms with van der Waals surface area (Å²) in [7, 11) is -2.50. The maximum atomic E-state index is 12.4. The van der Waals surface area contributed by atoms with E-state index in [9.17, 15) is 18.0 Å². The topological polar surface area (TPSA) is 98.8 Å². The molecule has 0 fully saturated rings. The highest BCUT2D eigenvalue weighted by atomic mass is 32.2. The average molecular weight is 412 g/mol. The minimum absolute atomic E-state index is 0.0375. The van der Waals surface area contributed by atoms with Crippen molar-refractivity contribution in [3.63, 3.8) is 0 Å². The number of thiophene rings is 1. The second-order valence-electron chi connectivity index (χ2n) is 6.07. The molecule has 1 heterocycles. The van der Waals surface area contributed by atoms with Crippen LogP contribution >= 0.6 is 11.3 Å². The van der Waals surface area contributed by atoms with Crippen LogP contribution < -0.4 is 4.72 Å². The second-order valence-corrected chi connectivity index (χ2v) is 8.96. The SMILES string of the molecule is COC(=O)c1ccc(COC(=O)[C@H](NS(=O)(=O)c2cccs2)C(C)C)cc1. The maximum absolute atomic E-state index is 12.4. The smallest absolute Gasteiger partial charge is 0.337 e. The number of carbonyl (C=O) groups excluding carboxylic acids is 2. The lowest BCUT2D eigenvalue weighted by molar-refractivity contribution is -0.148. The number of hydrogen-bond donors (Lipinski definition) is 1. The number of carbonyl (C=O) groups is 2. The van der Waals surface area contributed by atoms with Gasteiger partial charge in [-0.15, -0.1) is 11.3 Å². The Morgan fingerprint density at radius 3 is 2.33 bits per heavy atom. The Balaban J connectivity index is 2.02. The lowest BCUT2D eigenvalue weighted by Gasteiger charge is -2.20. The molecule has 0 aliphatic heterocycles. The van der Waals surface area contributed by atoms with Gasteiger partial charge in [-0.2, -0.15) is 4.72 Å². The molecule has 9 heteroatoms. The van der Waals surface area contributed by atoms with Gasteiger partial charge in [0.2, 0.25) is 0 Å².